The predicted molar refractivity (Wildman–Crippen MR) is 105 cm³/mol. The number of rotatable bonds is 4. The van der Waals surface area contributed by atoms with E-state index in [1.165, 1.54) is 0 Å². The van der Waals surface area contributed by atoms with E-state index in [2.05, 4.69) is 41.4 Å². The quantitative estimate of drug-likeness (QED) is 0.494. The van der Waals surface area contributed by atoms with Gasteiger partial charge in [0.2, 0.25) is 0 Å². The van der Waals surface area contributed by atoms with Crippen molar-refractivity contribution in [2.45, 2.75) is 0 Å². The highest BCUT2D eigenvalue weighted by Crippen LogP contribution is 2.27. The van der Waals surface area contributed by atoms with Crippen LogP contribution in [0.2, 0.25) is 0 Å². The lowest BCUT2D eigenvalue weighted by Gasteiger charge is -2.07. The van der Waals surface area contributed by atoms with Crippen LogP contribution in [0.25, 0.3) is 33.8 Å². The van der Waals surface area contributed by atoms with Crippen LogP contribution >= 0.6 is 0 Å². The first kappa shape index (κ1) is 16.0. The van der Waals surface area contributed by atoms with Crippen molar-refractivity contribution in [3.8, 4) is 39.5 Å². The molecule has 0 fully saturated rings. The molecule has 3 aromatic carbocycles. The summed E-state index contributed by atoms with van der Waals surface area (Å²) < 4.78 is 5.23. The van der Waals surface area contributed by atoms with Crippen molar-refractivity contribution in [3.63, 3.8) is 0 Å². The average Bonchev–Trinajstić information content (AvgIpc) is 2.75. The smallest absolute Gasteiger partial charge is 0.159 e. The van der Waals surface area contributed by atoms with Gasteiger partial charge in [-0.2, -0.15) is 0 Å². The van der Waals surface area contributed by atoms with E-state index in [1.807, 2.05) is 54.7 Å². The minimum Gasteiger partial charge on any atom is -0.497 e. The maximum Gasteiger partial charge on any atom is 0.159 e. The highest BCUT2D eigenvalue weighted by atomic mass is 16.5. The second-order valence-corrected chi connectivity index (χ2v) is 5.94. The molecule has 3 nitrogen and oxygen atoms in total. The van der Waals surface area contributed by atoms with Crippen molar-refractivity contribution in [2.75, 3.05) is 7.11 Å². The number of ether oxygens (including phenoxy) is 1. The molecule has 0 N–H and O–H groups in total. The molecule has 0 amide bonds. The van der Waals surface area contributed by atoms with Gasteiger partial charge in [0.25, 0.3) is 0 Å². The van der Waals surface area contributed by atoms with Crippen LogP contribution in [-0.4, -0.2) is 17.1 Å². The fourth-order valence-corrected chi connectivity index (χ4v) is 2.89. The lowest BCUT2D eigenvalue weighted by atomic mass is 10.0. The Labute approximate surface area is 153 Å². The van der Waals surface area contributed by atoms with Gasteiger partial charge < -0.3 is 4.74 Å². The van der Waals surface area contributed by atoms with Crippen LogP contribution in [0, 0.1) is 0 Å². The van der Waals surface area contributed by atoms with E-state index in [0.29, 0.717) is 0 Å². The molecule has 0 radical (unpaired) electrons. The van der Waals surface area contributed by atoms with Crippen LogP contribution in [0.1, 0.15) is 0 Å². The van der Waals surface area contributed by atoms with Gasteiger partial charge in [-0.1, -0.05) is 60.7 Å². The molecule has 0 saturated carbocycles. The monoisotopic (exact) mass is 338 g/mol. The van der Waals surface area contributed by atoms with Crippen molar-refractivity contribution in [1.29, 1.82) is 0 Å². The summed E-state index contributed by atoms with van der Waals surface area (Å²) in [5.41, 5.74) is 5.26. The summed E-state index contributed by atoms with van der Waals surface area (Å²) in [6.45, 7) is 0. The maximum absolute atomic E-state index is 5.23. The standard InChI is InChI=1S/C23H18N2O/c1-26-21-12-10-17(11-13-21)19-8-5-9-20(16-19)23-24-15-14-22(25-23)18-6-3-2-4-7-18/h2-16H,1H3. The molecular weight excluding hydrogens is 320 g/mol. The molecule has 4 aromatic rings. The third-order valence-corrected chi connectivity index (χ3v) is 4.27. The van der Waals surface area contributed by atoms with Gasteiger partial charge in [-0.15, -0.1) is 0 Å². The number of hydrogen-bond donors (Lipinski definition) is 0. The summed E-state index contributed by atoms with van der Waals surface area (Å²) in [5.74, 6) is 1.57. The van der Waals surface area contributed by atoms with Gasteiger partial charge >= 0.3 is 0 Å². The fourth-order valence-electron chi connectivity index (χ4n) is 2.89. The van der Waals surface area contributed by atoms with Crippen molar-refractivity contribution in [3.05, 3.63) is 91.1 Å². The van der Waals surface area contributed by atoms with Crippen LogP contribution in [0.15, 0.2) is 91.1 Å². The Morgan fingerprint density at radius 1 is 0.654 bits per heavy atom. The third kappa shape index (κ3) is 3.33. The van der Waals surface area contributed by atoms with Gasteiger partial charge in [-0.05, 0) is 35.4 Å². The Morgan fingerprint density at radius 2 is 1.38 bits per heavy atom. The van der Waals surface area contributed by atoms with E-state index >= 15 is 0 Å². The van der Waals surface area contributed by atoms with E-state index in [-0.39, 0.29) is 0 Å². The van der Waals surface area contributed by atoms with Gasteiger partial charge in [0.1, 0.15) is 5.75 Å². The molecular formula is C23H18N2O. The Hall–Kier alpha value is -3.46. The molecule has 1 aromatic heterocycles. The second-order valence-electron chi connectivity index (χ2n) is 5.94. The summed E-state index contributed by atoms with van der Waals surface area (Å²) in [4.78, 5) is 9.21. The Balaban J connectivity index is 1.70. The molecule has 0 aliphatic rings. The zero-order chi connectivity index (χ0) is 17.8. The average molecular weight is 338 g/mol. The second kappa shape index (κ2) is 7.19. The Bertz CT molecular complexity index is 1010. The van der Waals surface area contributed by atoms with Crippen LogP contribution in [0.5, 0.6) is 5.75 Å². The molecule has 26 heavy (non-hydrogen) atoms. The van der Waals surface area contributed by atoms with E-state index in [4.69, 9.17) is 9.72 Å². The minimum atomic E-state index is 0.724. The summed E-state index contributed by atoms with van der Waals surface area (Å²) in [7, 11) is 1.67. The summed E-state index contributed by atoms with van der Waals surface area (Å²) in [6.07, 6.45) is 1.81. The number of hydrogen-bond acceptors (Lipinski definition) is 3. The first-order chi connectivity index (χ1) is 12.8. The number of nitrogens with zero attached hydrogens (tertiary/aromatic N) is 2. The SMILES string of the molecule is COc1ccc(-c2cccc(-c3nccc(-c4ccccc4)n3)c2)cc1. The highest BCUT2D eigenvalue weighted by molar-refractivity contribution is 5.71. The van der Waals surface area contributed by atoms with E-state index in [0.717, 1.165) is 39.5 Å². The van der Waals surface area contributed by atoms with Gasteiger partial charge in [-0.3, -0.25) is 0 Å². The number of aromatic nitrogens is 2. The minimum absolute atomic E-state index is 0.724. The molecule has 0 unspecified atom stereocenters. The summed E-state index contributed by atoms with van der Waals surface area (Å²) in [5, 5.41) is 0. The normalized spacial score (nSPS) is 10.5. The first-order valence-electron chi connectivity index (χ1n) is 8.47. The lowest BCUT2D eigenvalue weighted by molar-refractivity contribution is 0.415. The van der Waals surface area contributed by atoms with Crippen LogP contribution in [0.3, 0.4) is 0 Å². The van der Waals surface area contributed by atoms with E-state index < -0.39 is 0 Å². The molecule has 3 heteroatoms. The number of methoxy groups -OCH3 is 1. The Kier molecular flexibility index (Phi) is 4.44. The van der Waals surface area contributed by atoms with Crippen molar-refractivity contribution in [1.82, 2.24) is 9.97 Å². The van der Waals surface area contributed by atoms with Crippen LogP contribution in [-0.2, 0) is 0 Å². The molecule has 1 heterocycles. The largest absolute Gasteiger partial charge is 0.497 e. The summed E-state index contributed by atoms with van der Waals surface area (Å²) >= 11 is 0. The number of benzene rings is 3. The van der Waals surface area contributed by atoms with E-state index in [9.17, 15) is 0 Å². The van der Waals surface area contributed by atoms with Gasteiger partial charge in [0.05, 0.1) is 12.8 Å². The van der Waals surface area contributed by atoms with Crippen molar-refractivity contribution in [2.24, 2.45) is 0 Å². The van der Waals surface area contributed by atoms with Crippen LogP contribution in [0.4, 0.5) is 0 Å². The maximum atomic E-state index is 5.23. The zero-order valence-corrected chi connectivity index (χ0v) is 14.5. The molecule has 0 saturated heterocycles. The fraction of sp³-hybridized carbons (Fsp3) is 0.0435. The van der Waals surface area contributed by atoms with Crippen molar-refractivity contribution >= 4 is 0 Å². The van der Waals surface area contributed by atoms with Crippen LogP contribution < -0.4 is 4.74 Å². The molecule has 0 bridgehead atoms. The predicted octanol–water partition coefficient (Wildman–Crippen LogP) is 5.49. The molecule has 0 aliphatic heterocycles. The van der Waals surface area contributed by atoms with E-state index in [1.54, 1.807) is 7.11 Å². The summed E-state index contributed by atoms with van der Waals surface area (Å²) in [6, 6.07) is 28.4. The Morgan fingerprint density at radius 3 is 2.15 bits per heavy atom. The molecule has 0 atom stereocenters. The molecule has 126 valence electrons. The molecule has 0 aliphatic carbocycles. The zero-order valence-electron chi connectivity index (χ0n) is 14.5. The van der Waals surface area contributed by atoms with Crippen molar-refractivity contribution < 1.29 is 4.74 Å². The third-order valence-electron chi connectivity index (χ3n) is 4.27. The highest BCUT2D eigenvalue weighted by Gasteiger charge is 2.06. The van der Waals surface area contributed by atoms with Gasteiger partial charge in [0, 0.05) is 17.3 Å². The first-order valence-corrected chi connectivity index (χ1v) is 8.47. The molecule has 4 rings (SSSR count). The van der Waals surface area contributed by atoms with Gasteiger partial charge in [0.15, 0.2) is 5.82 Å². The lowest BCUT2D eigenvalue weighted by Crippen LogP contribution is -1.92. The topological polar surface area (TPSA) is 35.0 Å². The molecule has 0 spiro atoms. The van der Waals surface area contributed by atoms with Gasteiger partial charge in [-0.25, -0.2) is 9.97 Å².